The number of nitrogens with two attached hydrogens (primary N) is 1. The van der Waals surface area contributed by atoms with Crippen LogP contribution in [-0.2, 0) is 19.7 Å². The fourth-order valence-corrected chi connectivity index (χ4v) is 2.30. The number of hydrogen-bond acceptors (Lipinski definition) is 4. The van der Waals surface area contributed by atoms with Crippen LogP contribution in [0.2, 0.25) is 0 Å². The molecule has 0 heterocycles. The number of hydrogen-bond donors (Lipinski definition) is 2. The monoisotopic (exact) mass is 354 g/mol. The third-order valence-electron chi connectivity index (χ3n) is 4.10. The standard InChI is InChI=1S/C20H22N2O4/c1-13(18(24)22-16-11-9-14(10-12-16)17(21)23)26-19(25)20(2,3)15-7-5-4-6-8-15/h4-13H,1-3H3,(H2,21,23)(H,22,24)/t13-/m1/s1. The fourth-order valence-electron chi connectivity index (χ4n) is 2.30. The molecule has 0 bridgehead atoms. The molecule has 2 aromatic rings. The second-order valence-corrected chi connectivity index (χ2v) is 6.47. The van der Waals surface area contributed by atoms with E-state index in [1.807, 2.05) is 30.3 Å². The van der Waals surface area contributed by atoms with E-state index in [9.17, 15) is 14.4 Å². The third kappa shape index (κ3) is 4.47. The summed E-state index contributed by atoms with van der Waals surface area (Å²) in [5, 5.41) is 2.64. The van der Waals surface area contributed by atoms with Crippen LogP contribution in [0, 0.1) is 0 Å². The Morgan fingerprint density at radius 3 is 2.12 bits per heavy atom. The fraction of sp³-hybridized carbons (Fsp3) is 0.250. The highest BCUT2D eigenvalue weighted by Crippen LogP contribution is 2.25. The lowest BCUT2D eigenvalue weighted by Gasteiger charge is -2.25. The zero-order valence-electron chi connectivity index (χ0n) is 15.0. The van der Waals surface area contributed by atoms with Gasteiger partial charge in [0.15, 0.2) is 6.10 Å². The van der Waals surface area contributed by atoms with E-state index in [2.05, 4.69) is 5.32 Å². The summed E-state index contributed by atoms with van der Waals surface area (Å²) in [5.41, 5.74) is 5.92. The van der Waals surface area contributed by atoms with E-state index >= 15 is 0 Å². The number of carbonyl (C=O) groups excluding carboxylic acids is 3. The second-order valence-electron chi connectivity index (χ2n) is 6.47. The van der Waals surface area contributed by atoms with Crippen molar-refractivity contribution in [3.63, 3.8) is 0 Å². The number of amides is 2. The molecule has 0 saturated carbocycles. The third-order valence-corrected chi connectivity index (χ3v) is 4.10. The van der Waals surface area contributed by atoms with E-state index in [1.165, 1.54) is 19.1 Å². The molecule has 6 nitrogen and oxygen atoms in total. The summed E-state index contributed by atoms with van der Waals surface area (Å²) in [5.74, 6) is -1.50. The lowest BCUT2D eigenvalue weighted by Crippen LogP contribution is -2.37. The first-order valence-electron chi connectivity index (χ1n) is 8.19. The van der Waals surface area contributed by atoms with Gasteiger partial charge in [-0.3, -0.25) is 14.4 Å². The molecule has 0 aliphatic heterocycles. The van der Waals surface area contributed by atoms with Crippen molar-refractivity contribution in [1.29, 1.82) is 0 Å². The van der Waals surface area contributed by atoms with Crippen LogP contribution in [0.25, 0.3) is 0 Å². The number of nitrogens with one attached hydrogen (secondary N) is 1. The molecule has 3 N–H and O–H groups in total. The van der Waals surface area contributed by atoms with Crippen LogP contribution in [0.1, 0.15) is 36.7 Å². The molecule has 2 aromatic carbocycles. The van der Waals surface area contributed by atoms with Crippen molar-refractivity contribution < 1.29 is 19.1 Å². The van der Waals surface area contributed by atoms with Gasteiger partial charge in [0.25, 0.3) is 5.91 Å². The van der Waals surface area contributed by atoms with E-state index < -0.39 is 29.3 Å². The number of benzene rings is 2. The summed E-state index contributed by atoms with van der Waals surface area (Å²) in [6, 6.07) is 15.4. The minimum atomic E-state index is -0.971. The number of ether oxygens (including phenoxy) is 1. The minimum Gasteiger partial charge on any atom is -0.452 e. The molecule has 0 aromatic heterocycles. The van der Waals surface area contributed by atoms with Gasteiger partial charge in [0.05, 0.1) is 5.41 Å². The predicted octanol–water partition coefficient (Wildman–Crippen LogP) is 2.63. The van der Waals surface area contributed by atoms with Crippen LogP contribution in [0.15, 0.2) is 54.6 Å². The Morgan fingerprint density at radius 1 is 1.00 bits per heavy atom. The van der Waals surface area contributed by atoms with E-state index in [0.717, 1.165) is 5.56 Å². The molecule has 0 saturated heterocycles. The molecule has 136 valence electrons. The zero-order chi connectivity index (χ0) is 19.3. The minimum absolute atomic E-state index is 0.340. The second kappa shape index (κ2) is 7.82. The highest BCUT2D eigenvalue weighted by Gasteiger charge is 2.33. The van der Waals surface area contributed by atoms with Crippen LogP contribution in [-0.4, -0.2) is 23.9 Å². The van der Waals surface area contributed by atoms with Crippen molar-refractivity contribution in [1.82, 2.24) is 0 Å². The Bertz CT molecular complexity index is 798. The molecule has 0 fully saturated rings. The zero-order valence-corrected chi connectivity index (χ0v) is 15.0. The van der Waals surface area contributed by atoms with Crippen LogP contribution >= 0.6 is 0 Å². The number of rotatable bonds is 6. The van der Waals surface area contributed by atoms with Crippen molar-refractivity contribution in [2.45, 2.75) is 32.3 Å². The quantitative estimate of drug-likeness (QED) is 0.779. The summed E-state index contributed by atoms with van der Waals surface area (Å²) < 4.78 is 5.34. The Morgan fingerprint density at radius 2 is 1.58 bits per heavy atom. The first kappa shape index (κ1) is 19.2. The Kier molecular flexibility index (Phi) is 5.77. The van der Waals surface area contributed by atoms with Crippen molar-refractivity contribution in [2.75, 3.05) is 5.32 Å². The molecule has 0 unspecified atom stereocenters. The summed E-state index contributed by atoms with van der Waals surface area (Å²) in [7, 11) is 0. The molecule has 0 aliphatic rings. The van der Waals surface area contributed by atoms with Crippen molar-refractivity contribution in [2.24, 2.45) is 5.73 Å². The lowest BCUT2D eigenvalue weighted by atomic mass is 9.85. The summed E-state index contributed by atoms with van der Waals surface area (Å²) in [6.07, 6.45) is -0.971. The summed E-state index contributed by atoms with van der Waals surface area (Å²) >= 11 is 0. The lowest BCUT2D eigenvalue weighted by molar-refractivity contribution is -0.158. The molecule has 6 heteroatoms. The van der Waals surface area contributed by atoms with E-state index in [4.69, 9.17) is 10.5 Å². The van der Waals surface area contributed by atoms with Crippen LogP contribution in [0.3, 0.4) is 0 Å². The van der Waals surface area contributed by atoms with Gasteiger partial charge < -0.3 is 15.8 Å². The van der Waals surface area contributed by atoms with E-state index in [-0.39, 0.29) is 0 Å². The van der Waals surface area contributed by atoms with Gasteiger partial charge in [-0.25, -0.2) is 0 Å². The molecular formula is C20H22N2O4. The molecule has 0 radical (unpaired) electrons. The molecule has 2 amide bonds. The maximum absolute atomic E-state index is 12.5. The highest BCUT2D eigenvalue weighted by molar-refractivity contribution is 5.97. The van der Waals surface area contributed by atoms with Crippen molar-refractivity contribution in [3.8, 4) is 0 Å². The van der Waals surface area contributed by atoms with Crippen molar-refractivity contribution in [3.05, 3.63) is 65.7 Å². The normalized spacial score (nSPS) is 12.1. The average Bonchev–Trinajstić information content (AvgIpc) is 2.62. The summed E-state index contributed by atoms with van der Waals surface area (Å²) in [6.45, 7) is 5.00. The largest absolute Gasteiger partial charge is 0.452 e. The molecule has 2 rings (SSSR count). The smallest absolute Gasteiger partial charge is 0.316 e. The van der Waals surface area contributed by atoms with Gasteiger partial charge in [-0.1, -0.05) is 30.3 Å². The number of anilines is 1. The molecule has 26 heavy (non-hydrogen) atoms. The average molecular weight is 354 g/mol. The van der Waals surface area contributed by atoms with Crippen molar-refractivity contribution >= 4 is 23.5 Å². The Labute approximate surface area is 152 Å². The Hall–Kier alpha value is -3.15. The van der Waals surface area contributed by atoms with Gasteiger partial charge in [0.1, 0.15) is 0 Å². The molecule has 0 spiro atoms. The number of primary amides is 1. The molecule has 0 aliphatic carbocycles. The number of carbonyl (C=O) groups is 3. The Balaban J connectivity index is 2.00. The molecule has 1 atom stereocenters. The van der Waals surface area contributed by atoms with Gasteiger partial charge >= 0.3 is 5.97 Å². The van der Waals surface area contributed by atoms with Crippen LogP contribution in [0.4, 0.5) is 5.69 Å². The maximum Gasteiger partial charge on any atom is 0.316 e. The molecular weight excluding hydrogens is 332 g/mol. The van der Waals surface area contributed by atoms with E-state index in [0.29, 0.717) is 11.3 Å². The van der Waals surface area contributed by atoms with Gasteiger partial charge in [0, 0.05) is 11.3 Å². The predicted molar refractivity (Wildman–Crippen MR) is 98.6 cm³/mol. The summed E-state index contributed by atoms with van der Waals surface area (Å²) in [4.78, 5) is 35.8. The first-order valence-corrected chi connectivity index (χ1v) is 8.19. The van der Waals surface area contributed by atoms with Crippen LogP contribution in [0.5, 0.6) is 0 Å². The SMILES string of the molecule is C[C@@H](OC(=O)C(C)(C)c1ccccc1)C(=O)Nc1ccc(C(N)=O)cc1. The van der Waals surface area contributed by atoms with Gasteiger partial charge in [-0.05, 0) is 50.6 Å². The maximum atomic E-state index is 12.5. The van der Waals surface area contributed by atoms with Gasteiger partial charge in [0.2, 0.25) is 5.91 Å². The topological polar surface area (TPSA) is 98.5 Å². The van der Waals surface area contributed by atoms with Gasteiger partial charge in [-0.15, -0.1) is 0 Å². The van der Waals surface area contributed by atoms with E-state index in [1.54, 1.807) is 26.0 Å². The highest BCUT2D eigenvalue weighted by atomic mass is 16.5. The van der Waals surface area contributed by atoms with Gasteiger partial charge in [-0.2, -0.15) is 0 Å². The number of esters is 1. The first-order chi connectivity index (χ1) is 12.2. The van der Waals surface area contributed by atoms with Crippen LogP contribution < -0.4 is 11.1 Å².